The molecule has 0 unspecified atom stereocenters. The van der Waals surface area contributed by atoms with Gasteiger partial charge in [0, 0.05) is 51.4 Å². The van der Waals surface area contributed by atoms with Crippen LogP contribution >= 0.6 is 0 Å². The van der Waals surface area contributed by atoms with Crippen LogP contribution in [0.15, 0.2) is 30.6 Å². The summed E-state index contributed by atoms with van der Waals surface area (Å²) in [5, 5.41) is 0. The molecule has 0 bridgehead atoms. The van der Waals surface area contributed by atoms with E-state index in [2.05, 4.69) is 37.8 Å². The zero-order valence-corrected chi connectivity index (χ0v) is 26.8. The molecule has 2 fully saturated rings. The molecule has 0 aliphatic carbocycles. The average Bonchev–Trinajstić information content (AvgIpc) is 2.96. The highest BCUT2D eigenvalue weighted by molar-refractivity contribution is 7.80. The standard InChI is InChI=1S/C28H38F3N5O2.CH4O4S/c1-19-16-35(14-15-36(19)24(17-38-5)22-6-8-23(9-7-22)28(29,30)31)27(4)10-12-34(13-11-27)26(37)25-20(2)32-18-33-21(25)3;1-5-6(2,3)4/h6-9,18-19,24H,10-17H2,1-5H3;1H3,(H,2,3,4)/t19-,24-;/m0./s1. The van der Waals surface area contributed by atoms with Crippen molar-refractivity contribution in [2.75, 3.05) is 53.6 Å². The van der Waals surface area contributed by atoms with Crippen LogP contribution in [0.2, 0.25) is 0 Å². The molecule has 2 aromatic rings. The third-order valence-corrected chi connectivity index (χ3v) is 8.99. The van der Waals surface area contributed by atoms with Gasteiger partial charge in [0.1, 0.15) is 6.33 Å². The molecular formula is C29H42F3N5O6S. The lowest BCUT2D eigenvalue weighted by molar-refractivity contribution is -0.137. The fourth-order valence-electron chi connectivity index (χ4n) is 5.93. The Labute approximate surface area is 257 Å². The number of rotatable bonds is 7. The quantitative estimate of drug-likeness (QED) is 0.443. The molecule has 1 aromatic carbocycles. The second kappa shape index (κ2) is 14.6. The summed E-state index contributed by atoms with van der Waals surface area (Å²) in [5.41, 5.74) is 2.18. The molecule has 2 atom stereocenters. The number of methoxy groups -OCH3 is 1. The predicted molar refractivity (Wildman–Crippen MR) is 157 cm³/mol. The van der Waals surface area contributed by atoms with Gasteiger partial charge in [0.15, 0.2) is 0 Å². The van der Waals surface area contributed by atoms with Gasteiger partial charge < -0.3 is 9.64 Å². The lowest BCUT2D eigenvalue weighted by Gasteiger charge is -2.52. The number of aryl methyl sites for hydroxylation is 2. The van der Waals surface area contributed by atoms with Crippen LogP contribution in [-0.2, 0) is 25.5 Å². The van der Waals surface area contributed by atoms with E-state index in [1.165, 1.54) is 6.33 Å². The minimum Gasteiger partial charge on any atom is -0.383 e. The molecule has 1 amide bonds. The van der Waals surface area contributed by atoms with Gasteiger partial charge in [-0.1, -0.05) is 12.1 Å². The van der Waals surface area contributed by atoms with E-state index in [0.717, 1.165) is 57.3 Å². The van der Waals surface area contributed by atoms with Gasteiger partial charge in [0.05, 0.1) is 42.3 Å². The van der Waals surface area contributed by atoms with Crippen LogP contribution in [0.5, 0.6) is 0 Å². The van der Waals surface area contributed by atoms with Crippen molar-refractivity contribution in [1.29, 1.82) is 0 Å². The van der Waals surface area contributed by atoms with Gasteiger partial charge in [-0.15, -0.1) is 0 Å². The van der Waals surface area contributed by atoms with Gasteiger partial charge in [0.2, 0.25) is 0 Å². The highest BCUT2D eigenvalue weighted by Gasteiger charge is 2.41. The number of amides is 1. The largest absolute Gasteiger partial charge is 0.416 e. The van der Waals surface area contributed by atoms with Crippen LogP contribution in [0.3, 0.4) is 0 Å². The highest BCUT2D eigenvalue weighted by atomic mass is 32.3. The number of hydrogen-bond acceptors (Lipinski definition) is 9. The van der Waals surface area contributed by atoms with Gasteiger partial charge in [-0.25, -0.2) is 9.97 Å². The molecule has 0 radical (unpaired) electrons. The Balaban J connectivity index is 0.000000801. The number of carbonyl (C=O) groups is 1. The van der Waals surface area contributed by atoms with Crippen molar-refractivity contribution in [1.82, 2.24) is 24.7 Å². The lowest BCUT2D eigenvalue weighted by Crippen LogP contribution is -2.62. The SMILES string of the molecule is COC[C@@H](c1ccc(C(F)(F)F)cc1)N1CCN(C2(C)CCN(C(=O)c3c(C)ncnc3C)CC2)C[C@@H]1C.COS(=O)(=O)O. The second-order valence-corrected chi connectivity index (χ2v) is 12.6. The predicted octanol–water partition coefficient (Wildman–Crippen LogP) is 3.94. The summed E-state index contributed by atoms with van der Waals surface area (Å²) >= 11 is 0. The number of aromatic nitrogens is 2. The van der Waals surface area contributed by atoms with E-state index in [1.54, 1.807) is 19.2 Å². The summed E-state index contributed by atoms with van der Waals surface area (Å²) in [5.74, 6) is -0.000198. The van der Waals surface area contributed by atoms with Crippen LogP contribution in [-0.4, -0.2) is 109 Å². The van der Waals surface area contributed by atoms with Crippen molar-refractivity contribution in [3.05, 3.63) is 58.7 Å². The second-order valence-electron chi connectivity index (χ2n) is 11.4. The Hall–Kier alpha value is -2.69. The van der Waals surface area contributed by atoms with Crippen LogP contribution < -0.4 is 0 Å². The Bertz CT molecular complexity index is 1350. The number of hydrogen-bond donors (Lipinski definition) is 1. The maximum Gasteiger partial charge on any atom is 0.416 e. The first-order valence-corrected chi connectivity index (χ1v) is 15.6. The number of likely N-dealkylation sites (tertiary alicyclic amines) is 1. The van der Waals surface area contributed by atoms with Crippen molar-refractivity contribution in [2.45, 2.75) is 64.3 Å². The van der Waals surface area contributed by atoms with Crippen LogP contribution in [0.1, 0.15) is 65.6 Å². The Morgan fingerprint density at radius 1 is 1.07 bits per heavy atom. The zero-order chi connectivity index (χ0) is 32.9. The van der Waals surface area contributed by atoms with Gasteiger partial charge in [-0.2, -0.15) is 21.6 Å². The number of piperidine rings is 1. The topological polar surface area (TPSA) is 125 Å². The zero-order valence-electron chi connectivity index (χ0n) is 26.0. The fourth-order valence-corrected chi connectivity index (χ4v) is 5.93. The molecular weight excluding hydrogens is 603 g/mol. The maximum atomic E-state index is 13.2. The molecule has 1 aromatic heterocycles. The lowest BCUT2D eigenvalue weighted by atomic mass is 9.86. The summed E-state index contributed by atoms with van der Waals surface area (Å²) in [6.45, 7) is 12.4. The van der Waals surface area contributed by atoms with E-state index in [1.807, 2.05) is 18.7 Å². The first-order valence-electron chi connectivity index (χ1n) is 14.3. The molecule has 4 rings (SSSR count). The first-order chi connectivity index (χ1) is 20.5. The molecule has 2 aliphatic heterocycles. The number of piperazine rings is 1. The van der Waals surface area contributed by atoms with E-state index in [4.69, 9.17) is 9.29 Å². The number of carbonyl (C=O) groups excluding carboxylic acids is 1. The van der Waals surface area contributed by atoms with Gasteiger partial charge in [-0.3, -0.25) is 23.3 Å². The van der Waals surface area contributed by atoms with Crippen LogP contribution in [0.25, 0.3) is 0 Å². The third kappa shape index (κ3) is 8.95. The molecule has 11 nitrogen and oxygen atoms in total. The maximum absolute atomic E-state index is 13.2. The minimum atomic E-state index is -4.35. The highest BCUT2D eigenvalue weighted by Crippen LogP contribution is 2.35. The summed E-state index contributed by atoms with van der Waals surface area (Å²) < 4.78 is 74.4. The van der Waals surface area contributed by atoms with Crippen molar-refractivity contribution in [3.8, 4) is 0 Å². The number of benzene rings is 1. The van der Waals surface area contributed by atoms with Crippen LogP contribution in [0, 0.1) is 13.8 Å². The van der Waals surface area contributed by atoms with Crippen LogP contribution in [0.4, 0.5) is 13.2 Å². The molecule has 0 saturated carbocycles. The van der Waals surface area contributed by atoms with Crippen molar-refractivity contribution < 1.29 is 39.9 Å². The van der Waals surface area contributed by atoms with E-state index >= 15 is 0 Å². The summed E-state index contributed by atoms with van der Waals surface area (Å²) in [4.78, 5) is 28.4. The van der Waals surface area contributed by atoms with Gasteiger partial charge >= 0.3 is 16.6 Å². The molecule has 0 spiro atoms. The third-order valence-electron chi connectivity index (χ3n) is 8.57. The Morgan fingerprint density at radius 2 is 1.61 bits per heavy atom. The molecule has 2 aliphatic rings. The monoisotopic (exact) mass is 645 g/mol. The Kier molecular flexibility index (Phi) is 11.9. The number of halogens is 3. The van der Waals surface area contributed by atoms with E-state index < -0.39 is 22.1 Å². The average molecular weight is 646 g/mol. The van der Waals surface area contributed by atoms with Crippen molar-refractivity contribution in [3.63, 3.8) is 0 Å². The number of alkyl halides is 3. The number of ether oxygens (including phenoxy) is 1. The van der Waals surface area contributed by atoms with Gasteiger partial charge in [-0.05, 0) is 58.2 Å². The summed E-state index contributed by atoms with van der Waals surface area (Å²) in [7, 11) is -1.67. The smallest absolute Gasteiger partial charge is 0.383 e. The minimum absolute atomic E-state index is 0.000198. The molecule has 1 N–H and O–H groups in total. The normalized spacial score (nSPS) is 20.5. The molecule has 246 valence electrons. The molecule has 2 saturated heterocycles. The first kappa shape index (κ1) is 35.8. The van der Waals surface area contributed by atoms with Crippen molar-refractivity contribution >= 4 is 16.3 Å². The van der Waals surface area contributed by atoms with E-state index in [0.29, 0.717) is 36.6 Å². The molecule has 3 heterocycles. The Morgan fingerprint density at radius 3 is 2.07 bits per heavy atom. The molecule has 44 heavy (non-hydrogen) atoms. The summed E-state index contributed by atoms with van der Waals surface area (Å²) in [6.07, 6.45) is -1.12. The summed E-state index contributed by atoms with van der Waals surface area (Å²) in [6, 6.07) is 5.52. The molecule has 15 heteroatoms. The van der Waals surface area contributed by atoms with Gasteiger partial charge in [0.25, 0.3) is 5.91 Å². The number of nitrogens with zero attached hydrogens (tertiary/aromatic N) is 5. The fraction of sp³-hybridized carbons (Fsp3) is 0.621. The van der Waals surface area contributed by atoms with E-state index in [-0.39, 0.29) is 23.5 Å². The van der Waals surface area contributed by atoms with E-state index in [9.17, 15) is 26.4 Å². The van der Waals surface area contributed by atoms with Crippen molar-refractivity contribution in [2.24, 2.45) is 0 Å².